The number of hydrogen-bond acceptors (Lipinski definition) is 5. The van der Waals surface area contributed by atoms with Crippen LogP contribution in [0.4, 0.5) is 0 Å². The van der Waals surface area contributed by atoms with E-state index < -0.39 is 11.8 Å². The topological polar surface area (TPSA) is 106 Å². The molecule has 1 atom stereocenters. The van der Waals surface area contributed by atoms with Crippen LogP contribution in [0.25, 0.3) is 0 Å². The average molecular weight is 466 g/mol. The van der Waals surface area contributed by atoms with Gasteiger partial charge in [0.2, 0.25) is 11.8 Å². The second-order valence-electron chi connectivity index (χ2n) is 6.78. The van der Waals surface area contributed by atoms with Crippen molar-refractivity contribution in [1.29, 1.82) is 0 Å². The highest BCUT2D eigenvalue weighted by Crippen LogP contribution is 2.32. The van der Waals surface area contributed by atoms with E-state index in [1.165, 1.54) is 18.2 Å². The fourth-order valence-electron chi connectivity index (χ4n) is 2.88. The minimum absolute atomic E-state index is 0.179. The Hall–Kier alpha value is -2.97. The summed E-state index contributed by atoms with van der Waals surface area (Å²) in [5.41, 5.74) is 1.04. The summed E-state index contributed by atoms with van der Waals surface area (Å²) < 4.78 is 11.0. The van der Waals surface area contributed by atoms with E-state index in [9.17, 15) is 14.4 Å². The minimum atomic E-state index is -0.520. The Morgan fingerprint density at radius 2 is 1.65 bits per heavy atom. The maximum absolute atomic E-state index is 12.2. The average Bonchev–Trinajstić information content (AvgIpc) is 2.75. The quantitative estimate of drug-likeness (QED) is 0.582. The molecular weight excluding hydrogens is 445 g/mol. The summed E-state index contributed by atoms with van der Waals surface area (Å²) in [6.07, 6.45) is 0. The molecular formula is C21H21Cl2N3O5. The zero-order chi connectivity index (χ0) is 22.4. The van der Waals surface area contributed by atoms with Gasteiger partial charge in [0, 0.05) is 5.02 Å². The molecule has 0 aliphatic carbocycles. The van der Waals surface area contributed by atoms with E-state index in [1.807, 2.05) is 19.1 Å². The Balaban J connectivity index is 1.42. The third-order valence-corrected chi connectivity index (χ3v) is 5.02. The molecule has 0 saturated carbocycles. The molecule has 1 aliphatic rings. The van der Waals surface area contributed by atoms with Crippen LogP contribution < -0.4 is 25.4 Å². The molecule has 0 bridgehead atoms. The number of benzene rings is 2. The highest BCUT2D eigenvalue weighted by Gasteiger charge is 2.17. The van der Waals surface area contributed by atoms with Gasteiger partial charge in [-0.2, -0.15) is 0 Å². The van der Waals surface area contributed by atoms with Crippen LogP contribution in [0, 0.1) is 0 Å². The molecule has 8 nitrogen and oxygen atoms in total. The molecule has 2 aromatic rings. The molecule has 0 radical (unpaired) electrons. The van der Waals surface area contributed by atoms with Crippen LogP contribution in [0.15, 0.2) is 36.4 Å². The van der Waals surface area contributed by atoms with E-state index in [0.717, 1.165) is 5.56 Å². The number of carbonyl (C=O) groups excluding carboxylic acids is 3. The van der Waals surface area contributed by atoms with Crippen LogP contribution in [-0.4, -0.2) is 44.0 Å². The van der Waals surface area contributed by atoms with Crippen molar-refractivity contribution in [3.8, 4) is 11.5 Å². The maximum Gasteiger partial charge on any atom is 0.253 e. The first kappa shape index (κ1) is 22.7. The number of nitrogens with one attached hydrogen (secondary N) is 3. The smallest absolute Gasteiger partial charge is 0.253 e. The van der Waals surface area contributed by atoms with E-state index in [1.54, 1.807) is 6.07 Å². The number of hydrogen-bond donors (Lipinski definition) is 3. The lowest BCUT2D eigenvalue weighted by molar-refractivity contribution is -0.125. The van der Waals surface area contributed by atoms with Gasteiger partial charge < -0.3 is 25.4 Å². The lowest BCUT2D eigenvalue weighted by Crippen LogP contribution is -2.42. The first-order valence-electron chi connectivity index (χ1n) is 9.52. The Kier molecular flexibility index (Phi) is 7.59. The van der Waals surface area contributed by atoms with E-state index in [-0.39, 0.29) is 35.6 Å². The second kappa shape index (κ2) is 10.4. The van der Waals surface area contributed by atoms with Gasteiger partial charge in [0.05, 0.1) is 29.7 Å². The largest absolute Gasteiger partial charge is 0.486 e. The third kappa shape index (κ3) is 6.26. The van der Waals surface area contributed by atoms with Crippen molar-refractivity contribution in [2.75, 3.05) is 26.3 Å². The highest BCUT2D eigenvalue weighted by atomic mass is 35.5. The molecule has 0 spiro atoms. The fraction of sp³-hybridized carbons (Fsp3) is 0.286. The SMILES string of the molecule is CC(NC(=O)CNC(=O)CNC(=O)c1ccc(Cl)cc1Cl)c1ccc2c(c1)OCCO2. The molecule has 1 aliphatic heterocycles. The second-order valence-corrected chi connectivity index (χ2v) is 7.62. The monoisotopic (exact) mass is 465 g/mol. The van der Waals surface area contributed by atoms with Gasteiger partial charge in [0.15, 0.2) is 11.5 Å². The Morgan fingerprint density at radius 1 is 0.935 bits per heavy atom. The first-order valence-corrected chi connectivity index (χ1v) is 10.3. The summed E-state index contributed by atoms with van der Waals surface area (Å²) in [4.78, 5) is 36.2. The number of carbonyl (C=O) groups is 3. The van der Waals surface area contributed by atoms with E-state index >= 15 is 0 Å². The molecule has 3 N–H and O–H groups in total. The minimum Gasteiger partial charge on any atom is -0.486 e. The Morgan fingerprint density at radius 3 is 2.39 bits per heavy atom. The van der Waals surface area contributed by atoms with Crippen LogP contribution in [-0.2, 0) is 9.59 Å². The van der Waals surface area contributed by atoms with E-state index in [2.05, 4.69) is 16.0 Å². The van der Waals surface area contributed by atoms with Crippen molar-refractivity contribution in [3.05, 3.63) is 57.6 Å². The standard InChI is InChI=1S/C21H21Cl2N3O5/c1-12(13-2-5-17-18(8-13)31-7-6-30-17)26-20(28)11-24-19(27)10-25-21(29)15-4-3-14(22)9-16(15)23/h2-5,8-9,12H,6-7,10-11H2,1H3,(H,24,27)(H,25,29)(H,26,28). The summed E-state index contributed by atoms with van der Waals surface area (Å²) in [7, 11) is 0. The highest BCUT2D eigenvalue weighted by molar-refractivity contribution is 6.36. The molecule has 0 saturated heterocycles. The van der Waals surface area contributed by atoms with Gasteiger partial charge in [-0.25, -0.2) is 0 Å². The van der Waals surface area contributed by atoms with Gasteiger partial charge in [-0.15, -0.1) is 0 Å². The number of fused-ring (bicyclic) bond motifs is 1. The van der Waals surface area contributed by atoms with Crippen LogP contribution in [0.3, 0.4) is 0 Å². The Bertz CT molecular complexity index is 999. The van der Waals surface area contributed by atoms with Crippen LogP contribution in [0.2, 0.25) is 10.0 Å². The summed E-state index contributed by atoms with van der Waals surface area (Å²) in [6.45, 7) is 2.27. The number of ether oxygens (including phenoxy) is 2. The van der Waals surface area contributed by atoms with Gasteiger partial charge in [-0.3, -0.25) is 14.4 Å². The van der Waals surface area contributed by atoms with Gasteiger partial charge in [-0.05, 0) is 42.8 Å². The van der Waals surface area contributed by atoms with E-state index in [0.29, 0.717) is 29.7 Å². The predicted octanol–water partition coefficient (Wildman–Crippen LogP) is 2.49. The third-order valence-electron chi connectivity index (χ3n) is 4.48. The molecule has 1 unspecified atom stereocenters. The number of amides is 3. The molecule has 31 heavy (non-hydrogen) atoms. The molecule has 2 aromatic carbocycles. The zero-order valence-electron chi connectivity index (χ0n) is 16.7. The number of rotatable bonds is 7. The van der Waals surface area contributed by atoms with Gasteiger partial charge >= 0.3 is 0 Å². The molecule has 3 rings (SSSR count). The van der Waals surface area contributed by atoms with Gasteiger partial charge in [0.25, 0.3) is 5.91 Å². The van der Waals surface area contributed by atoms with Crippen molar-refractivity contribution in [2.45, 2.75) is 13.0 Å². The summed E-state index contributed by atoms with van der Waals surface area (Å²) in [5, 5.41) is 8.27. The van der Waals surface area contributed by atoms with Crippen LogP contribution >= 0.6 is 23.2 Å². The summed E-state index contributed by atoms with van der Waals surface area (Å²) >= 11 is 11.8. The molecule has 0 fully saturated rings. The lowest BCUT2D eigenvalue weighted by atomic mass is 10.1. The van der Waals surface area contributed by atoms with Crippen molar-refractivity contribution in [1.82, 2.24) is 16.0 Å². The van der Waals surface area contributed by atoms with Gasteiger partial charge in [-0.1, -0.05) is 29.3 Å². The van der Waals surface area contributed by atoms with Crippen LogP contribution in [0.1, 0.15) is 28.9 Å². The number of halogens is 2. The molecule has 10 heteroatoms. The van der Waals surface area contributed by atoms with Crippen molar-refractivity contribution < 1.29 is 23.9 Å². The maximum atomic E-state index is 12.2. The van der Waals surface area contributed by atoms with Crippen molar-refractivity contribution in [3.63, 3.8) is 0 Å². The van der Waals surface area contributed by atoms with Crippen molar-refractivity contribution >= 4 is 40.9 Å². The molecule has 3 amide bonds. The zero-order valence-corrected chi connectivity index (χ0v) is 18.2. The normalized spacial score (nSPS) is 13.1. The van der Waals surface area contributed by atoms with E-state index in [4.69, 9.17) is 32.7 Å². The Labute approximate surface area is 189 Å². The summed E-state index contributed by atoms with van der Waals surface area (Å²) in [5.74, 6) is -0.103. The molecule has 1 heterocycles. The van der Waals surface area contributed by atoms with Gasteiger partial charge in [0.1, 0.15) is 13.2 Å². The summed E-state index contributed by atoms with van der Waals surface area (Å²) in [6, 6.07) is 9.58. The lowest BCUT2D eigenvalue weighted by Gasteiger charge is -2.21. The molecule has 164 valence electrons. The van der Waals surface area contributed by atoms with Crippen LogP contribution in [0.5, 0.6) is 11.5 Å². The predicted molar refractivity (Wildman–Crippen MR) is 116 cm³/mol. The van der Waals surface area contributed by atoms with Crippen molar-refractivity contribution in [2.24, 2.45) is 0 Å². The first-order chi connectivity index (χ1) is 14.8. The molecule has 0 aromatic heterocycles. The fourth-order valence-corrected chi connectivity index (χ4v) is 3.37.